The van der Waals surface area contributed by atoms with Crippen LogP contribution in [0.25, 0.3) is 0 Å². The number of hydrogen-bond donors (Lipinski definition) is 4. The quantitative estimate of drug-likeness (QED) is 0.0369. The fraction of sp³-hybridized carbons (Fsp3) is 0.833. The van der Waals surface area contributed by atoms with Crippen LogP contribution in [0.5, 0.6) is 0 Å². The van der Waals surface area contributed by atoms with E-state index >= 15 is 0 Å². The number of esters is 1. The van der Waals surface area contributed by atoms with E-state index < -0.39 is 43.1 Å². The lowest BCUT2D eigenvalue weighted by atomic mass is 10.0. The van der Waals surface area contributed by atoms with Gasteiger partial charge in [-0.3, -0.25) is 14.4 Å². The van der Waals surface area contributed by atoms with Crippen molar-refractivity contribution in [3.8, 4) is 0 Å². The molecule has 0 rings (SSSR count). The van der Waals surface area contributed by atoms with Gasteiger partial charge in [0.15, 0.2) is 0 Å². The number of carboxylic acids is 1. The Morgan fingerprint density at radius 2 is 1.16 bits per heavy atom. The van der Waals surface area contributed by atoms with Gasteiger partial charge < -0.3 is 25.6 Å². The van der Waals surface area contributed by atoms with Crippen LogP contribution in [0.15, 0.2) is 12.2 Å². The van der Waals surface area contributed by atoms with Crippen LogP contribution >= 0.6 is 0 Å². The highest BCUT2D eigenvalue weighted by Gasteiger charge is 2.21. The molecule has 0 bridgehead atoms. The molecule has 0 saturated carbocycles. The molecule has 2 amide bonds. The van der Waals surface area contributed by atoms with E-state index in [0.29, 0.717) is 12.8 Å². The van der Waals surface area contributed by atoms with E-state index in [1.165, 1.54) is 70.6 Å². The molecule has 262 valence electrons. The highest BCUT2D eigenvalue weighted by Crippen LogP contribution is 2.16. The van der Waals surface area contributed by atoms with Crippen LogP contribution in [0.2, 0.25) is 0 Å². The second kappa shape index (κ2) is 29.0. The molecule has 45 heavy (non-hydrogen) atoms. The number of aliphatic hydroxyl groups is 1. The summed E-state index contributed by atoms with van der Waals surface area (Å²) in [6.07, 6.45) is 24.0. The van der Waals surface area contributed by atoms with Gasteiger partial charge in [-0.1, -0.05) is 123 Å². The van der Waals surface area contributed by atoms with Crippen LogP contribution in [0.4, 0.5) is 0 Å². The van der Waals surface area contributed by atoms with E-state index in [1.54, 1.807) is 0 Å². The maximum Gasteiger partial charge on any atom is 0.328 e. The zero-order valence-electron chi connectivity index (χ0n) is 29.0. The molecule has 0 heterocycles. The summed E-state index contributed by atoms with van der Waals surface area (Å²) in [5, 5.41) is 22.6. The van der Waals surface area contributed by atoms with Gasteiger partial charge in [-0.2, -0.15) is 0 Å². The van der Waals surface area contributed by atoms with Crippen molar-refractivity contribution in [1.82, 2.24) is 10.6 Å². The van der Waals surface area contributed by atoms with Crippen molar-refractivity contribution in [3.05, 3.63) is 12.2 Å². The number of carbonyl (C=O) groups is 4. The monoisotopic (exact) mass is 638 g/mol. The maximum atomic E-state index is 12.6. The van der Waals surface area contributed by atoms with Gasteiger partial charge in [0, 0.05) is 6.42 Å². The second-order valence-corrected chi connectivity index (χ2v) is 13.3. The molecule has 0 aromatic heterocycles. The van der Waals surface area contributed by atoms with Crippen molar-refractivity contribution in [3.63, 3.8) is 0 Å². The van der Waals surface area contributed by atoms with Crippen molar-refractivity contribution in [2.24, 2.45) is 11.8 Å². The van der Waals surface area contributed by atoms with Crippen molar-refractivity contribution in [2.45, 2.75) is 168 Å². The van der Waals surface area contributed by atoms with E-state index in [2.05, 4.69) is 44.4 Å². The van der Waals surface area contributed by atoms with Gasteiger partial charge in [0.2, 0.25) is 11.8 Å². The smallest absolute Gasteiger partial charge is 0.328 e. The summed E-state index contributed by atoms with van der Waals surface area (Å²) in [6.45, 7) is 7.87. The average molecular weight is 639 g/mol. The van der Waals surface area contributed by atoms with Crippen molar-refractivity contribution >= 4 is 23.8 Å². The molecule has 0 aliphatic carbocycles. The molecule has 0 fully saturated rings. The summed E-state index contributed by atoms with van der Waals surface area (Å²) in [5.74, 6) is -1.33. The molecule has 0 saturated heterocycles. The molecule has 2 atom stereocenters. The number of carboxylic acid groups (broad SMARTS) is 1. The van der Waals surface area contributed by atoms with Gasteiger partial charge in [0.1, 0.15) is 12.1 Å². The van der Waals surface area contributed by atoms with Crippen LogP contribution in [-0.4, -0.2) is 59.3 Å². The Morgan fingerprint density at radius 3 is 1.67 bits per heavy atom. The first-order valence-electron chi connectivity index (χ1n) is 17.8. The van der Waals surface area contributed by atoms with E-state index in [-0.39, 0.29) is 18.8 Å². The Morgan fingerprint density at radius 1 is 0.667 bits per heavy atom. The lowest BCUT2D eigenvalue weighted by Gasteiger charge is -2.18. The fourth-order valence-electron chi connectivity index (χ4n) is 5.10. The number of amides is 2. The Bertz CT molecular complexity index is 813. The number of carbonyl (C=O) groups excluding carboxylic acids is 3. The summed E-state index contributed by atoms with van der Waals surface area (Å²) in [5.41, 5.74) is 0. The molecule has 4 N–H and O–H groups in total. The number of aliphatic carboxylic acids is 1. The molecule has 0 spiro atoms. The second-order valence-electron chi connectivity index (χ2n) is 13.3. The summed E-state index contributed by atoms with van der Waals surface area (Å²) in [7, 11) is 0. The lowest BCUT2D eigenvalue weighted by molar-refractivity contribution is -0.150. The SMILES string of the molecule is CC(C)CCCCCCC/C=C/CCC(=O)OC(CCCCCCCCCCC(C)C)CC(=O)NCC(=O)N[C@@H](CO)C(=O)O. The number of allylic oxidation sites excluding steroid dienone is 2. The summed E-state index contributed by atoms with van der Waals surface area (Å²) < 4.78 is 5.69. The number of hydrogen-bond acceptors (Lipinski definition) is 6. The number of ether oxygens (including phenoxy) is 1. The van der Waals surface area contributed by atoms with Crippen LogP contribution in [0.3, 0.4) is 0 Å². The Hall–Kier alpha value is -2.42. The first-order valence-corrected chi connectivity index (χ1v) is 17.8. The van der Waals surface area contributed by atoms with Crippen LogP contribution in [0.1, 0.15) is 156 Å². The Balaban J connectivity index is 4.51. The maximum absolute atomic E-state index is 12.6. The molecular formula is C36H66N2O7. The number of aliphatic hydroxyl groups excluding tert-OH is 1. The van der Waals surface area contributed by atoms with Gasteiger partial charge in [-0.15, -0.1) is 0 Å². The van der Waals surface area contributed by atoms with Gasteiger partial charge in [-0.05, 0) is 43.9 Å². The average Bonchev–Trinajstić information content (AvgIpc) is 2.97. The first-order chi connectivity index (χ1) is 21.5. The highest BCUT2D eigenvalue weighted by atomic mass is 16.5. The van der Waals surface area contributed by atoms with Crippen molar-refractivity contribution in [1.29, 1.82) is 0 Å². The summed E-state index contributed by atoms with van der Waals surface area (Å²) >= 11 is 0. The Kier molecular flexibility index (Phi) is 27.5. The third-order valence-electron chi connectivity index (χ3n) is 7.86. The number of nitrogens with one attached hydrogen (secondary N) is 2. The largest absolute Gasteiger partial charge is 0.480 e. The molecule has 0 radical (unpaired) electrons. The van der Waals surface area contributed by atoms with Gasteiger partial charge in [0.25, 0.3) is 0 Å². The molecule has 1 unspecified atom stereocenters. The van der Waals surface area contributed by atoms with E-state index in [9.17, 15) is 19.2 Å². The minimum absolute atomic E-state index is 0.0652. The molecular weight excluding hydrogens is 572 g/mol. The normalized spacial score (nSPS) is 12.9. The van der Waals surface area contributed by atoms with Crippen LogP contribution in [-0.2, 0) is 23.9 Å². The highest BCUT2D eigenvalue weighted by molar-refractivity contribution is 5.88. The molecule has 0 aliphatic rings. The number of unbranched alkanes of at least 4 members (excludes halogenated alkanes) is 12. The minimum Gasteiger partial charge on any atom is -0.480 e. The molecule has 0 aliphatic heterocycles. The topological polar surface area (TPSA) is 142 Å². The third kappa shape index (κ3) is 28.8. The van der Waals surface area contributed by atoms with Crippen molar-refractivity contribution < 1.29 is 34.1 Å². The van der Waals surface area contributed by atoms with Crippen LogP contribution in [0, 0.1) is 11.8 Å². The minimum atomic E-state index is -1.43. The molecule has 0 aromatic carbocycles. The van der Waals surface area contributed by atoms with E-state index in [0.717, 1.165) is 43.9 Å². The standard InChI is InChI=1S/C36H66N2O7/c1-29(2)22-18-14-10-6-5-7-13-17-21-25-35(42)45-31(24-20-16-12-9-8-11-15-19-23-30(3)4)26-33(40)37-27-34(41)38-32(28-39)36(43)44/h13,17,29-32,39H,5-12,14-16,18-28H2,1-4H3,(H,37,40)(H,38,41)(H,43,44)/b17-13+/t31?,32-/m0/s1. The number of rotatable bonds is 30. The first kappa shape index (κ1) is 42.6. The molecule has 9 heteroatoms. The van der Waals surface area contributed by atoms with Gasteiger partial charge in [-0.25, -0.2) is 4.79 Å². The Labute approximate surface area is 273 Å². The van der Waals surface area contributed by atoms with Crippen molar-refractivity contribution in [2.75, 3.05) is 13.2 Å². The molecule has 9 nitrogen and oxygen atoms in total. The summed E-state index contributed by atoms with van der Waals surface area (Å²) in [4.78, 5) is 48.1. The lowest BCUT2D eigenvalue weighted by Crippen LogP contribution is -2.47. The van der Waals surface area contributed by atoms with Gasteiger partial charge >= 0.3 is 11.9 Å². The van der Waals surface area contributed by atoms with E-state index in [1.807, 2.05) is 6.08 Å². The van der Waals surface area contributed by atoms with E-state index in [4.69, 9.17) is 14.9 Å². The molecule has 0 aromatic rings. The van der Waals surface area contributed by atoms with Crippen LogP contribution < -0.4 is 10.6 Å². The zero-order valence-corrected chi connectivity index (χ0v) is 29.0. The zero-order chi connectivity index (χ0) is 33.7. The summed E-state index contributed by atoms with van der Waals surface area (Å²) in [6, 6.07) is -1.43. The third-order valence-corrected chi connectivity index (χ3v) is 7.86. The van der Waals surface area contributed by atoms with Gasteiger partial charge in [0.05, 0.1) is 19.6 Å². The fourth-order valence-corrected chi connectivity index (χ4v) is 5.10. The predicted molar refractivity (Wildman–Crippen MR) is 181 cm³/mol. The predicted octanol–water partition coefficient (Wildman–Crippen LogP) is 7.25.